The summed E-state index contributed by atoms with van der Waals surface area (Å²) in [4.78, 5) is 31.0. The highest BCUT2D eigenvalue weighted by Crippen LogP contribution is 2.29. The number of carbonyl (C=O) groups is 1. The molecule has 1 aliphatic rings. The van der Waals surface area contributed by atoms with Gasteiger partial charge in [-0.15, -0.1) is 0 Å². The van der Waals surface area contributed by atoms with E-state index >= 15 is 4.39 Å². The SMILES string of the molecule is C=NC(=N/C=C(\C)c1cnc2[nH]cc(C(=O)c3c(F)ccc(NS(=O)(=O)N(C)CC)c3F)c2c1)N1CCCC1. The number of nitrogens with one attached hydrogen (secondary N) is 2. The van der Waals surface area contributed by atoms with Gasteiger partial charge in [0.2, 0.25) is 11.7 Å². The smallest absolute Gasteiger partial charge is 0.301 e. The van der Waals surface area contributed by atoms with E-state index in [4.69, 9.17) is 0 Å². The summed E-state index contributed by atoms with van der Waals surface area (Å²) < 4.78 is 57.9. The second kappa shape index (κ2) is 11.4. The Balaban J connectivity index is 1.70. The predicted octanol–water partition coefficient (Wildman–Crippen LogP) is 4.19. The molecule has 206 valence electrons. The van der Waals surface area contributed by atoms with Crippen molar-refractivity contribution in [2.45, 2.75) is 26.7 Å². The van der Waals surface area contributed by atoms with Crippen LogP contribution >= 0.6 is 0 Å². The van der Waals surface area contributed by atoms with E-state index in [2.05, 4.69) is 31.4 Å². The summed E-state index contributed by atoms with van der Waals surface area (Å²) >= 11 is 0. The van der Waals surface area contributed by atoms with E-state index in [0.717, 1.165) is 47.9 Å². The Morgan fingerprint density at radius 3 is 2.69 bits per heavy atom. The molecule has 0 spiro atoms. The molecule has 0 unspecified atom stereocenters. The van der Waals surface area contributed by atoms with Crippen molar-refractivity contribution in [2.24, 2.45) is 9.98 Å². The number of benzene rings is 1. The van der Waals surface area contributed by atoms with E-state index in [0.29, 0.717) is 22.6 Å². The molecule has 2 N–H and O–H groups in total. The Labute approximate surface area is 225 Å². The number of carbonyl (C=O) groups excluding carboxylic acids is 1. The van der Waals surface area contributed by atoms with Gasteiger partial charge in [0.1, 0.15) is 11.5 Å². The van der Waals surface area contributed by atoms with Gasteiger partial charge in [-0.25, -0.2) is 23.7 Å². The first-order chi connectivity index (χ1) is 18.6. The zero-order chi connectivity index (χ0) is 28.3. The summed E-state index contributed by atoms with van der Waals surface area (Å²) in [7, 11) is -2.80. The third kappa shape index (κ3) is 5.73. The highest BCUT2D eigenvalue weighted by atomic mass is 32.2. The second-order valence-corrected chi connectivity index (χ2v) is 10.8. The van der Waals surface area contributed by atoms with E-state index in [1.54, 1.807) is 25.4 Å². The first-order valence-electron chi connectivity index (χ1n) is 12.3. The Hall–Kier alpha value is -3.97. The molecule has 0 amide bonds. The molecule has 3 heterocycles. The van der Waals surface area contributed by atoms with Crippen LogP contribution in [0.4, 0.5) is 14.5 Å². The minimum Gasteiger partial charge on any atom is -0.345 e. The molecule has 10 nitrogen and oxygen atoms in total. The fraction of sp³-hybridized carbons (Fsp3) is 0.308. The lowest BCUT2D eigenvalue weighted by Gasteiger charge is -2.17. The van der Waals surface area contributed by atoms with Gasteiger partial charge in [-0.2, -0.15) is 12.7 Å². The van der Waals surface area contributed by atoms with Crippen LogP contribution in [0.2, 0.25) is 0 Å². The maximum atomic E-state index is 15.3. The van der Waals surface area contributed by atoms with Crippen LogP contribution < -0.4 is 4.72 Å². The van der Waals surface area contributed by atoms with Gasteiger partial charge in [-0.05, 0) is 55.8 Å². The summed E-state index contributed by atoms with van der Waals surface area (Å²) in [5.74, 6) is -2.89. The van der Waals surface area contributed by atoms with Crippen molar-refractivity contribution >= 4 is 51.0 Å². The van der Waals surface area contributed by atoms with Crippen molar-refractivity contribution < 1.29 is 22.0 Å². The number of hydrogen-bond acceptors (Lipinski definition) is 5. The maximum Gasteiger partial charge on any atom is 0.301 e. The fourth-order valence-corrected chi connectivity index (χ4v) is 5.07. The number of H-pyrrole nitrogens is 1. The third-order valence-corrected chi connectivity index (χ3v) is 8.10. The summed E-state index contributed by atoms with van der Waals surface area (Å²) in [5, 5.41) is 0.339. The number of guanidine groups is 1. The Morgan fingerprint density at radius 2 is 2.03 bits per heavy atom. The molecule has 0 radical (unpaired) electrons. The Bertz CT molecular complexity index is 1590. The molecular weight excluding hydrogens is 528 g/mol. The quantitative estimate of drug-likeness (QED) is 0.244. The molecule has 0 aliphatic carbocycles. The normalized spacial score (nSPS) is 14.9. The fourth-order valence-electron chi connectivity index (χ4n) is 4.14. The molecule has 0 bridgehead atoms. The number of likely N-dealkylation sites (tertiary alicyclic amines) is 1. The second-order valence-electron chi connectivity index (χ2n) is 9.05. The number of ketones is 1. The first-order valence-corrected chi connectivity index (χ1v) is 13.7. The van der Waals surface area contributed by atoms with Crippen molar-refractivity contribution in [1.82, 2.24) is 19.2 Å². The van der Waals surface area contributed by atoms with E-state index in [-0.39, 0.29) is 12.1 Å². The molecule has 1 aromatic carbocycles. The number of allylic oxidation sites excluding steroid dienone is 1. The molecule has 1 saturated heterocycles. The van der Waals surface area contributed by atoms with E-state index < -0.39 is 38.9 Å². The molecule has 0 saturated carbocycles. The lowest BCUT2D eigenvalue weighted by molar-refractivity contribution is 0.103. The molecule has 13 heteroatoms. The summed E-state index contributed by atoms with van der Waals surface area (Å²) in [5.41, 5.74) is 0.244. The Morgan fingerprint density at radius 1 is 1.31 bits per heavy atom. The van der Waals surface area contributed by atoms with Gasteiger partial charge in [0, 0.05) is 56.2 Å². The van der Waals surface area contributed by atoms with Crippen molar-refractivity contribution in [1.29, 1.82) is 0 Å². The third-order valence-electron chi connectivity index (χ3n) is 6.55. The molecule has 39 heavy (non-hydrogen) atoms. The van der Waals surface area contributed by atoms with Gasteiger partial charge in [-0.3, -0.25) is 9.52 Å². The number of halogens is 2. The zero-order valence-corrected chi connectivity index (χ0v) is 22.6. The van der Waals surface area contributed by atoms with Crippen molar-refractivity contribution in [3.8, 4) is 0 Å². The zero-order valence-electron chi connectivity index (χ0n) is 21.8. The minimum atomic E-state index is -4.10. The first kappa shape index (κ1) is 28.0. The highest BCUT2D eigenvalue weighted by molar-refractivity contribution is 7.90. The van der Waals surface area contributed by atoms with Crippen molar-refractivity contribution in [3.05, 3.63) is 65.1 Å². The number of nitrogens with zero attached hydrogens (tertiary/aromatic N) is 5. The van der Waals surface area contributed by atoms with Gasteiger partial charge < -0.3 is 9.88 Å². The topological polar surface area (TPSA) is 123 Å². The molecule has 1 aliphatic heterocycles. The number of aromatic nitrogens is 2. The number of aliphatic imine (C=N–C) groups is 2. The molecule has 2 aromatic heterocycles. The number of anilines is 1. The number of aromatic amines is 1. The number of rotatable bonds is 8. The van der Waals surface area contributed by atoms with Gasteiger partial charge in [0.05, 0.1) is 11.3 Å². The van der Waals surface area contributed by atoms with Crippen molar-refractivity contribution in [3.63, 3.8) is 0 Å². The van der Waals surface area contributed by atoms with Crippen LogP contribution in [0.15, 0.2) is 46.8 Å². The minimum absolute atomic E-state index is 0.0235. The van der Waals surface area contributed by atoms with Crippen molar-refractivity contribution in [2.75, 3.05) is 31.4 Å². The highest BCUT2D eigenvalue weighted by Gasteiger charge is 2.27. The predicted molar refractivity (Wildman–Crippen MR) is 148 cm³/mol. The summed E-state index contributed by atoms with van der Waals surface area (Å²) in [6.07, 6.45) is 6.66. The monoisotopic (exact) mass is 557 g/mol. The molecule has 4 rings (SSSR count). The lowest BCUT2D eigenvalue weighted by Crippen LogP contribution is -2.32. The van der Waals surface area contributed by atoms with Crippen LogP contribution in [0.3, 0.4) is 0 Å². The van der Waals surface area contributed by atoms with Gasteiger partial charge in [0.25, 0.3) is 0 Å². The number of hydrogen-bond donors (Lipinski definition) is 2. The average molecular weight is 558 g/mol. The van der Waals surface area contributed by atoms with E-state index in [1.165, 1.54) is 13.2 Å². The van der Waals surface area contributed by atoms with Crippen LogP contribution in [-0.4, -0.2) is 72.7 Å². The van der Waals surface area contributed by atoms with Gasteiger partial charge >= 0.3 is 10.2 Å². The van der Waals surface area contributed by atoms with Crippen LogP contribution in [0, 0.1) is 11.6 Å². The molecule has 0 atom stereocenters. The number of pyridine rings is 1. The van der Waals surface area contributed by atoms with Gasteiger partial charge in [-0.1, -0.05) is 6.92 Å². The standard InChI is InChI=1S/C26H29F2N7O3S/c1-5-34(4)39(37,38)33-21-9-8-20(27)22(23(21)28)24(36)19-15-31-25-18(19)12-17(14-30-25)16(2)13-32-26(29-3)35-10-6-7-11-35/h8-9,12-15,33H,3,5-7,10-11H2,1-2,4H3,(H,30,31)/b16-13+,32-26?. The van der Waals surface area contributed by atoms with Crippen LogP contribution in [0.5, 0.6) is 0 Å². The Kier molecular flexibility index (Phi) is 8.21. The molecule has 3 aromatic rings. The largest absolute Gasteiger partial charge is 0.345 e. The molecule has 1 fully saturated rings. The molecular formula is C26H29F2N7O3S. The summed E-state index contributed by atoms with van der Waals surface area (Å²) in [6.45, 7) is 8.85. The van der Waals surface area contributed by atoms with Gasteiger partial charge in [0.15, 0.2) is 5.82 Å². The average Bonchev–Trinajstić information content (AvgIpc) is 3.60. The van der Waals surface area contributed by atoms with Crippen LogP contribution in [-0.2, 0) is 10.2 Å². The van der Waals surface area contributed by atoms with E-state index in [1.807, 2.05) is 11.8 Å². The maximum absolute atomic E-state index is 15.3. The van der Waals surface area contributed by atoms with Crippen LogP contribution in [0.25, 0.3) is 16.6 Å². The number of fused-ring (bicyclic) bond motifs is 1. The lowest BCUT2D eigenvalue weighted by atomic mass is 10.00. The van der Waals surface area contributed by atoms with Crippen LogP contribution in [0.1, 0.15) is 48.2 Å². The summed E-state index contributed by atoms with van der Waals surface area (Å²) in [6, 6.07) is 3.44. The van der Waals surface area contributed by atoms with E-state index in [9.17, 15) is 17.6 Å².